The molecule has 1 N–H and O–H groups in total. The highest BCUT2D eigenvalue weighted by Crippen LogP contribution is 2.35. The van der Waals surface area contributed by atoms with Gasteiger partial charge >= 0.3 is 0 Å². The smallest absolute Gasteiger partial charge is 0.222 e. The predicted octanol–water partition coefficient (Wildman–Crippen LogP) is 4.64. The first-order chi connectivity index (χ1) is 12.2. The number of para-hydroxylation sites is 1. The van der Waals surface area contributed by atoms with Gasteiger partial charge in [0.1, 0.15) is 0 Å². The number of rotatable bonds is 5. The second-order valence-corrected chi connectivity index (χ2v) is 6.97. The lowest BCUT2D eigenvalue weighted by molar-refractivity contribution is -0.132. The Morgan fingerprint density at radius 2 is 1.96 bits per heavy atom. The first-order valence-electron chi connectivity index (χ1n) is 9.12. The number of carbonyl (C=O) groups is 1. The minimum atomic E-state index is 0.247. The van der Waals surface area contributed by atoms with Crippen LogP contribution in [0.15, 0.2) is 54.7 Å². The second-order valence-electron chi connectivity index (χ2n) is 6.97. The average molecular weight is 332 g/mol. The molecule has 128 valence electrons. The van der Waals surface area contributed by atoms with Gasteiger partial charge in [-0.15, -0.1) is 0 Å². The second kappa shape index (κ2) is 6.75. The molecule has 1 aliphatic rings. The molecule has 25 heavy (non-hydrogen) atoms. The van der Waals surface area contributed by atoms with Gasteiger partial charge in [-0.3, -0.25) is 4.79 Å². The highest BCUT2D eigenvalue weighted by atomic mass is 16.2. The molecule has 1 amide bonds. The third kappa shape index (κ3) is 3.07. The topological polar surface area (TPSA) is 36.1 Å². The van der Waals surface area contributed by atoms with Crippen LogP contribution < -0.4 is 0 Å². The van der Waals surface area contributed by atoms with Crippen LogP contribution in [-0.2, 0) is 17.6 Å². The Bertz CT molecular complexity index is 896. The predicted molar refractivity (Wildman–Crippen MR) is 102 cm³/mol. The molecule has 1 unspecified atom stereocenters. The lowest BCUT2D eigenvalue weighted by atomic mass is 10.0. The summed E-state index contributed by atoms with van der Waals surface area (Å²) < 4.78 is 0. The van der Waals surface area contributed by atoms with Crippen molar-refractivity contribution in [1.82, 2.24) is 9.88 Å². The molecule has 3 nitrogen and oxygen atoms in total. The van der Waals surface area contributed by atoms with Gasteiger partial charge in [-0.1, -0.05) is 42.5 Å². The van der Waals surface area contributed by atoms with E-state index in [1.54, 1.807) is 0 Å². The summed E-state index contributed by atoms with van der Waals surface area (Å²) in [5.41, 5.74) is 5.20. The van der Waals surface area contributed by atoms with E-state index in [9.17, 15) is 4.79 Å². The van der Waals surface area contributed by atoms with Crippen molar-refractivity contribution in [3.8, 4) is 0 Å². The third-order valence-corrected chi connectivity index (χ3v) is 5.47. The monoisotopic (exact) mass is 332 g/mol. The Hall–Kier alpha value is -2.55. The van der Waals surface area contributed by atoms with Gasteiger partial charge in [-0.05, 0) is 48.4 Å². The Morgan fingerprint density at radius 3 is 2.88 bits per heavy atom. The summed E-state index contributed by atoms with van der Waals surface area (Å²) in [6, 6.07) is 17.1. The van der Waals surface area contributed by atoms with Crippen molar-refractivity contribution in [2.75, 3.05) is 7.05 Å². The van der Waals surface area contributed by atoms with Crippen LogP contribution in [0.4, 0.5) is 0 Å². The number of H-pyrrole nitrogens is 1. The van der Waals surface area contributed by atoms with Crippen LogP contribution in [0.1, 0.15) is 42.0 Å². The molecule has 1 atom stereocenters. The van der Waals surface area contributed by atoms with E-state index in [1.807, 2.05) is 18.0 Å². The van der Waals surface area contributed by atoms with E-state index in [-0.39, 0.29) is 11.9 Å². The van der Waals surface area contributed by atoms with Crippen LogP contribution >= 0.6 is 0 Å². The van der Waals surface area contributed by atoms with E-state index < -0.39 is 0 Å². The first kappa shape index (κ1) is 15.9. The van der Waals surface area contributed by atoms with E-state index in [2.05, 4.69) is 53.6 Å². The van der Waals surface area contributed by atoms with Crippen molar-refractivity contribution in [2.24, 2.45) is 0 Å². The van der Waals surface area contributed by atoms with Gasteiger partial charge in [0.2, 0.25) is 5.91 Å². The molecular formula is C22H24N2O. The molecule has 1 heterocycles. The Balaban J connectivity index is 1.36. The molecule has 0 aliphatic heterocycles. The third-order valence-electron chi connectivity index (χ3n) is 5.47. The van der Waals surface area contributed by atoms with Gasteiger partial charge in [0.15, 0.2) is 0 Å². The molecule has 3 aromatic rings. The summed E-state index contributed by atoms with van der Waals surface area (Å²) >= 11 is 0. The Morgan fingerprint density at radius 1 is 1.16 bits per heavy atom. The fraction of sp³-hybridized carbons (Fsp3) is 0.318. The van der Waals surface area contributed by atoms with Gasteiger partial charge in [0.25, 0.3) is 0 Å². The zero-order chi connectivity index (χ0) is 17.2. The number of aromatic nitrogens is 1. The van der Waals surface area contributed by atoms with E-state index >= 15 is 0 Å². The van der Waals surface area contributed by atoms with Gasteiger partial charge in [0, 0.05) is 30.6 Å². The first-order valence-corrected chi connectivity index (χ1v) is 9.12. The van der Waals surface area contributed by atoms with E-state index in [0.29, 0.717) is 6.42 Å². The highest BCUT2D eigenvalue weighted by Gasteiger charge is 2.27. The van der Waals surface area contributed by atoms with E-state index in [4.69, 9.17) is 0 Å². The summed E-state index contributed by atoms with van der Waals surface area (Å²) in [7, 11) is 1.96. The number of carbonyl (C=O) groups excluding carboxylic acids is 1. The summed E-state index contributed by atoms with van der Waals surface area (Å²) in [6.07, 6.45) is 6.63. The van der Waals surface area contributed by atoms with Crippen molar-refractivity contribution < 1.29 is 4.79 Å². The van der Waals surface area contributed by atoms with Gasteiger partial charge in [-0.25, -0.2) is 0 Å². The molecule has 0 bridgehead atoms. The van der Waals surface area contributed by atoms with Crippen molar-refractivity contribution in [2.45, 2.75) is 38.1 Å². The molecule has 1 aliphatic carbocycles. The number of amides is 1. The van der Waals surface area contributed by atoms with E-state index in [1.165, 1.54) is 27.6 Å². The Labute approximate surface area is 148 Å². The van der Waals surface area contributed by atoms with Crippen LogP contribution in [0, 0.1) is 0 Å². The Kier molecular flexibility index (Phi) is 4.31. The van der Waals surface area contributed by atoms with Gasteiger partial charge in [0.05, 0.1) is 6.04 Å². The molecule has 2 aromatic carbocycles. The summed E-state index contributed by atoms with van der Waals surface area (Å²) in [5, 5.41) is 1.27. The molecule has 0 radical (unpaired) electrons. The number of nitrogens with one attached hydrogen (secondary N) is 1. The molecule has 1 aromatic heterocycles. The normalized spacial score (nSPS) is 16.1. The molecule has 0 saturated carbocycles. The summed E-state index contributed by atoms with van der Waals surface area (Å²) in [5.74, 6) is 0.251. The van der Waals surface area contributed by atoms with Crippen LogP contribution in [0.2, 0.25) is 0 Å². The zero-order valence-corrected chi connectivity index (χ0v) is 14.7. The maximum Gasteiger partial charge on any atom is 0.222 e. The number of benzene rings is 2. The SMILES string of the molecule is CN(C(=O)CCCc1c[nH]c2ccccc12)C1CCc2ccccc21. The van der Waals surface area contributed by atoms with Crippen LogP contribution in [0.25, 0.3) is 10.9 Å². The van der Waals surface area contributed by atoms with Crippen LogP contribution in [-0.4, -0.2) is 22.8 Å². The van der Waals surface area contributed by atoms with Crippen molar-refractivity contribution >= 4 is 16.8 Å². The molecule has 3 heteroatoms. The maximum atomic E-state index is 12.7. The highest BCUT2D eigenvalue weighted by molar-refractivity contribution is 5.83. The fourth-order valence-corrected chi connectivity index (χ4v) is 4.06. The number of aryl methyl sites for hydroxylation is 2. The number of fused-ring (bicyclic) bond motifs is 2. The lowest BCUT2D eigenvalue weighted by Crippen LogP contribution is -2.29. The molecule has 0 saturated heterocycles. The summed E-state index contributed by atoms with van der Waals surface area (Å²) in [4.78, 5) is 17.9. The van der Waals surface area contributed by atoms with Gasteiger partial charge < -0.3 is 9.88 Å². The minimum absolute atomic E-state index is 0.247. The zero-order valence-electron chi connectivity index (χ0n) is 14.7. The lowest BCUT2D eigenvalue weighted by Gasteiger charge is -2.25. The number of aromatic amines is 1. The number of nitrogens with zero attached hydrogens (tertiary/aromatic N) is 1. The van der Waals surface area contributed by atoms with Gasteiger partial charge in [-0.2, -0.15) is 0 Å². The average Bonchev–Trinajstić information content (AvgIpc) is 3.25. The molecule has 0 spiro atoms. The summed E-state index contributed by atoms with van der Waals surface area (Å²) in [6.45, 7) is 0. The maximum absolute atomic E-state index is 12.7. The van der Waals surface area contributed by atoms with Crippen molar-refractivity contribution in [3.63, 3.8) is 0 Å². The number of hydrogen-bond acceptors (Lipinski definition) is 1. The largest absolute Gasteiger partial charge is 0.361 e. The van der Waals surface area contributed by atoms with Crippen molar-refractivity contribution in [1.29, 1.82) is 0 Å². The number of hydrogen-bond donors (Lipinski definition) is 1. The van der Waals surface area contributed by atoms with Crippen molar-refractivity contribution in [3.05, 3.63) is 71.4 Å². The molecule has 0 fully saturated rings. The minimum Gasteiger partial charge on any atom is -0.361 e. The standard InChI is InChI=1S/C22H24N2O/c1-24(21-14-13-16-7-2-3-10-19(16)21)22(25)12-6-8-17-15-23-20-11-5-4-9-18(17)20/h2-5,7,9-11,15,21,23H,6,8,12-14H2,1H3. The fourth-order valence-electron chi connectivity index (χ4n) is 4.06. The van der Waals surface area contributed by atoms with E-state index in [0.717, 1.165) is 25.7 Å². The molecule has 4 rings (SSSR count). The molecular weight excluding hydrogens is 308 g/mol. The quantitative estimate of drug-likeness (QED) is 0.726. The van der Waals surface area contributed by atoms with Crippen LogP contribution in [0.3, 0.4) is 0 Å². The van der Waals surface area contributed by atoms with Crippen LogP contribution in [0.5, 0.6) is 0 Å².